The van der Waals surface area contributed by atoms with Gasteiger partial charge in [0.2, 0.25) is 10.0 Å². The molecule has 0 atom stereocenters. The van der Waals surface area contributed by atoms with Gasteiger partial charge in [0, 0.05) is 54.6 Å². The number of nitrogens with zero attached hydrogens (tertiary/aromatic N) is 3. The van der Waals surface area contributed by atoms with Crippen LogP contribution in [0.15, 0.2) is 47.5 Å². The van der Waals surface area contributed by atoms with Gasteiger partial charge in [-0.05, 0) is 49.1 Å². The normalized spacial score (nSPS) is 16.9. The van der Waals surface area contributed by atoms with E-state index in [2.05, 4.69) is 4.98 Å². The highest BCUT2D eigenvalue weighted by Crippen LogP contribution is 2.34. The summed E-state index contributed by atoms with van der Waals surface area (Å²) in [6, 6.07) is 9.29. The molecule has 2 aliphatic rings. The minimum atomic E-state index is -3.55. The molecule has 1 saturated heterocycles. The van der Waals surface area contributed by atoms with Gasteiger partial charge in [0.15, 0.2) is 0 Å². The Hall–Kier alpha value is -3.24. The number of anilines is 1. The van der Waals surface area contributed by atoms with Crippen molar-refractivity contribution in [2.75, 3.05) is 24.5 Å². The van der Waals surface area contributed by atoms with Crippen LogP contribution < -0.4 is 4.90 Å². The molecule has 0 spiro atoms. The molecule has 2 aromatic carbocycles. The van der Waals surface area contributed by atoms with Gasteiger partial charge in [0.05, 0.1) is 15.4 Å². The largest absolute Gasteiger partial charge is 0.360 e. The Morgan fingerprint density at radius 2 is 1.81 bits per heavy atom. The monoisotopic (exact) mass is 454 g/mol. The van der Waals surface area contributed by atoms with Gasteiger partial charge in [-0.15, -0.1) is 0 Å². The standard InChI is InChI=1S/C22H22N4O5S/c27-22(19-14-23-20-6-4-16(26(28)29)13-18(19)20)25-11-8-15-12-17(5-7-21(15)25)32(30,31)24-9-2-1-3-10-24/h4-7,12-14,23H,1-3,8-11H2. The van der Waals surface area contributed by atoms with E-state index in [0.717, 1.165) is 24.8 Å². The Morgan fingerprint density at radius 1 is 1.03 bits per heavy atom. The van der Waals surface area contributed by atoms with Crippen LogP contribution in [0.3, 0.4) is 0 Å². The zero-order chi connectivity index (χ0) is 22.5. The van der Waals surface area contributed by atoms with Gasteiger partial charge in [-0.3, -0.25) is 14.9 Å². The second kappa shape index (κ2) is 7.72. The van der Waals surface area contributed by atoms with Crippen LogP contribution in [-0.4, -0.2) is 48.2 Å². The predicted molar refractivity (Wildman–Crippen MR) is 119 cm³/mol. The number of piperidine rings is 1. The van der Waals surface area contributed by atoms with Crippen molar-refractivity contribution in [1.29, 1.82) is 0 Å². The molecule has 0 radical (unpaired) electrons. The van der Waals surface area contributed by atoms with Gasteiger partial charge < -0.3 is 9.88 Å². The maximum Gasteiger partial charge on any atom is 0.270 e. The van der Waals surface area contributed by atoms with Crippen molar-refractivity contribution in [3.05, 3.63) is 63.8 Å². The van der Waals surface area contributed by atoms with E-state index in [4.69, 9.17) is 0 Å². The fourth-order valence-corrected chi connectivity index (χ4v) is 6.12. The lowest BCUT2D eigenvalue weighted by Gasteiger charge is -2.26. The van der Waals surface area contributed by atoms with Crippen molar-refractivity contribution in [3.8, 4) is 0 Å². The van der Waals surface area contributed by atoms with Crippen LogP contribution >= 0.6 is 0 Å². The summed E-state index contributed by atoms with van der Waals surface area (Å²) in [5, 5.41) is 11.6. The van der Waals surface area contributed by atoms with E-state index in [9.17, 15) is 23.3 Å². The number of hydrogen-bond acceptors (Lipinski definition) is 5. The molecule has 0 aliphatic carbocycles. The van der Waals surface area contributed by atoms with Gasteiger partial charge in [0.25, 0.3) is 11.6 Å². The van der Waals surface area contributed by atoms with Gasteiger partial charge >= 0.3 is 0 Å². The molecule has 32 heavy (non-hydrogen) atoms. The summed E-state index contributed by atoms with van der Waals surface area (Å²) in [4.78, 5) is 28.8. The lowest BCUT2D eigenvalue weighted by atomic mass is 10.1. The smallest absolute Gasteiger partial charge is 0.270 e. The predicted octanol–water partition coefficient (Wildman–Crippen LogP) is 3.45. The summed E-state index contributed by atoms with van der Waals surface area (Å²) >= 11 is 0. The summed E-state index contributed by atoms with van der Waals surface area (Å²) in [5.74, 6) is -0.276. The molecule has 0 saturated carbocycles. The fraction of sp³-hybridized carbons (Fsp3) is 0.318. The van der Waals surface area contributed by atoms with Gasteiger partial charge in [-0.2, -0.15) is 4.31 Å². The van der Waals surface area contributed by atoms with Crippen molar-refractivity contribution in [3.63, 3.8) is 0 Å². The fourth-order valence-electron chi connectivity index (χ4n) is 4.55. The number of fused-ring (bicyclic) bond motifs is 2. The molecule has 10 heteroatoms. The average Bonchev–Trinajstić information content (AvgIpc) is 3.42. The van der Waals surface area contributed by atoms with Gasteiger partial charge in [-0.25, -0.2) is 8.42 Å². The number of H-pyrrole nitrogens is 1. The number of carbonyl (C=O) groups excluding carboxylic acids is 1. The number of rotatable bonds is 4. The number of nitro benzene ring substituents is 1. The molecule has 1 N–H and O–H groups in total. The number of aromatic amines is 1. The molecule has 3 heterocycles. The third-order valence-electron chi connectivity index (χ3n) is 6.25. The Bertz CT molecular complexity index is 1340. The van der Waals surface area contributed by atoms with E-state index in [1.54, 1.807) is 35.4 Å². The van der Waals surface area contributed by atoms with Crippen LogP contribution in [0.5, 0.6) is 0 Å². The number of amides is 1. The van der Waals surface area contributed by atoms with Crippen LogP contribution in [-0.2, 0) is 16.4 Å². The number of aromatic nitrogens is 1. The highest BCUT2D eigenvalue weighted by molar-refractivity contribution is 7.89. The van der Waals surface area contributed by atoms with Crippen molar-refractivity contribution < 1.29 is 18.1 Å². The summed E-state index contributed by atoms with van der Waals surface area (Å²) in [6.45, 7) is 1.50. The first-order valence-corrected chi connectivity index (χ1v) is 12.0. The molecule has 166 valence electrons. The topological polar surface area (TPSA) is 117 Å². The maximum atomic E-state index is 13.3. The van der Waals surface area contributed by atoms with Crippen molar-refractivity contribution in [2.24, 2.45) is 0 Å². The molecule has 3 aromatic rings. The summed E-state index contributed by atoms with van der Waals surface area (Å²) in [7, 11) is -3.55. The van der Waals surface area contributed by atoms with Crippen molar-refractivity contribution >= 4 is 38.2 Å². The number of carbonyl (C=O) groups is 1. The molecule has 5 rings (SSSR count). The number of nitro groups is 1. The summed E-state index contributed by atoms with van der Waals surface area (Å²) < 4.78 is 27.6. The third kappa shape index (κ3) is 3.35. The SMILES string of the molecule is O=C(c1c[nH]c2ccc([N+](=O)[O-])cc12)N1CCc2cc(S(=O)(=O)N3CCCCC3)ccc21. The lowest BCUT2D eigenvalue weighted by molar-refractivity contribution is -0.384. The Kier molecular flexibility index (Phi) is 4.98. The Morgan fingerprint density at radius 3 is 2.56 bits per heavy atom. The number of sulfonamides is 1. The van der Waals surface area contributed by atoms with E-state index in [-0.39, 0.29) is 16.5 Å². The van der Waals surface area contributed by atoms with E-state index < -0.39 is 14.9 Å². The quantitative estimate of drug-likeness (QED) is 0.479. The number of hydrogen-bond donors (Lipinski definition) is 1. The van der Waals surface area contributed by atoms with Crippen LogP contribution in [0.2, 0.25) is 0 Å². The van der Waals surface area contributed by atoms with E-state index in [1.165, 1.54) is 16.4 Å². The van der Waals surface area contributed by atoms with Crippen LogP contribution in [0.4, 0.5) is 11.4 Å². The lowest BCUT2D eigenvalue weighted by Crippen LogP contribution is -2.35. The molecule has 0 bridgehead atoms. The van der Waals surface area contributed by atoms with Gasteiger partial charge in [-0.1, -0.05) is 6.42 Å². The zero-order valence-corrected chi connectivity index (χ0v) is 18.1. The third-order valence-corrected chi connectivity index (χ3v) is 8.15. The highest BCUT2D eigenvalue weighted by atomic mass is 32.2. The zero-order valence-electron chi connectivity index (χ0n) is 17.3. The average molecular weight is 455 g/mol. The summed E-state index contributed by atoms with van der Waals surface area (Å²) in [5.41, 5.74) is 2.39. The molecule has 1 amide bonds. The molecule has 9 nitrogen and oxygen atoms in total. The summed E-state index contributed by atoms with van der Waals surface area (Å²) in [6.07, 6.45) is 4.89. The van der Waals surface area contributed by atoms with Crippen LogP contribution in [0.1, 0.15) is 35.2 Å². The maximum absolute atomic E-state index is 13.3. The van der Waals surface area contributed by atoms with Crippen molar-refractivity contribution in [2.45, 2.75) is 30.6 Å². The first kappa shape index (κ1) is 20.7. The first-order valence-electron chi connectivity index (χ1n) is 10.6. The number of nitrogens with one attached hydrogen (secondary N) is 1. The van der Waals surface area contributed by atoms with Crippen molar-refractivity contribution in [1.82, 2.24) is 9.29 Å². The first-order chi connectivity index (χ1) is 15.4. The number of benzene rings is 2. The molecule has 0 unspecified atom stereocenters. The second-order valence-electron chi connectivity index (χ2n) is 8.15. The molecule has 2 aliphatic heterocycles. The Labute approximate surface area is 184 Å². The van der Waals surface area contributed by atoms with E-state index in [1.807, 2.05) is 0 Å². The van der Waals surface area contributed by atoms with E-state index >= 15 is 0 Å². The van der Waals surface area contributed by atoms with Crippen LogP contribution in [0.25, 0.3) is 10.9 Å². The number of non-ortho nitro benzene ring substituents is 1. The minimum absolute atomic E-state index is 0.0828. The van der Waals surface area contributed by atoms with Gasteiger partial charge in [0.1, 0.15) is 0 Å². The molecular weight excluding hydrogens is 432 g/mol. The molecular formula is C22H22N4O5S. The molecule has 1 fully saturated rings. The minimum Gasteiger partial charge on any atom is -0.360 e. The van der Waals surface area contributed by atoms with E-state index in [0.29, 0.717) is 48.2 Å². The molecule has 1 aromatic heterocycles. The van der Waals surface area contributed by atoms with Crippen LogP contribution in [0, 0.1) is 10.1 Å². The second-order valence-corrected chi connectivity index (χ2v) is 10.1. The highest BCUT2D eigenvalue weighted by Gasteiger charge is 2.31. The Balaban J connectivity index is 1.46.